The molecule has 0 amide bonds. The van der Waals surface area contributed by atoms with Gasteiger partial charge in [-0.2, -0.15) is 0 Å². The molecule has 0 saturated carbocycles. The number of ether oxygens (including phenoxy) is 2. The van der Waals surface area contributed by atoms with Gasteiger partial charge in [-0.05, 0) is 6.92 Å². The highest BCUT2D eigenvalue weighted by atomic mass is 16.6. The van der Waals surface area contributed by atoms with Crippen LogP contribution in [0.1, 0.15) is 5.82 Å². The molecule has 0 aliphatic heterocycles. The Kier molecular flexibility index (Phi) is 3.37. The summed E-state index contributed by atoms with van der Waals surface area (Å²) in [7, 11) is 2.91. The molecule has 7 nitrogen and oxygen atoms in total. The molecular formula is C12H13N3O4. The van der Waals surface area contributed by atoms with Gasteiger partial charge in [-0.3, -0.25) is 14.7 Å². The monoisotopic (exact) mass is 263 g/mol. The minimum Gasteiger partial charge on any atom is -0.493 e. The maximum Gasteiger partial charge on any atom is 0.297 e. The van der Waals surface area contributed by atoms with E-state index in [1.165, 1.54) is 20.3 Å². The second-order valence-electron chi connectivity index (χ2n) is 3.80. The summed E-state index contributed by atoms with van der Waals surface area (Å²) in [5.41, 5.74) is 0.316. The van der Waals surface area contributed by atoms with E-state index in [-0.39, 0.29) is 5.69 Å². The van der Waals surface area contributed by atoms with Gasteiger partial charge in [-0.15, -0.1) is 0 Å². The van der Waals surface area contributed by atoms with E-state index in [1.807, 2.05) is 0 Å². The van der Waals surface area contributed by atoms with E-state index in [9.17, 15) is 10.1 Å². The van der Waals surface area contributed by atoms with Gasteiger partial charge in [-0.25, -0.2) is 4.98 Å². The van der Waals surface area contributed by atoms with Gasteiger partial charge in [0.25, 0.3) is 5.69 Å². The highest BCUT2D eigenvalue weighted by Gasteiger charge is 2.21. The highest BCUT2D eigenvalue weighted by molar-refractivity contribution is 5.62. The van der Waals surface area contributed by atoms with Crippen molar-refractivity contribution in [2.45, 2.75) is 6.92 Å². The number of imidazole rings is 1. The Morgan fingerprint density at radius 1 is 1.26 bits per heavy atom. The molecule has 0 N–H and O–H groups in total. The van der Waals surface area contributed by atoms with Crippen molar-refractivity contribution < 1.29 is 14.4 Å². The van der Waals surface area contributed by atoms with Gasteiger partial charge in [0.2, 0.25) is 0 Å². The van der Waals surface area contributed by atoms with Crippen LogP contribution in [0, 0.1) is 17.0 Å². The van der Waals surface area contributed by atoms with E-state index in [2.05, 4.69) is 4.98 Å². The van der Waals surface area contributed by atoms with E-state index < -0.39 is 4.92 Å². The third-order valence-corrected chi connectivity index (χ3v) is 2.76. The summed E-state index contributed by atoms with van der Waals surface area (Å²) in [5.74, 6) is 1.39. The van der Waals surface area contributed by atoms with E-state index in [0.29, 0.717) is 23.0 Å². The third kappa shape index (κ3) is 2.22. The molecule has 2 aromatic rings. The predicted molar refractivity (Wildman–Crippen MR) is 68.1 cm³/mol. The first-order valence-electron chi connectivity index (χ1n) is 5.49. The van der Waals surface area contributed by atoms with Crippen LogP contribution in [-0.2, 0) is 0 Å². The average Bonchev–Trinajstić information content (AvgIpc) is 2.83. The maximum atomic E-state index is 11.2. The normalized spacial score (nSPS) is 10.3. The van der Waals surface area contributed by atoms with E-state index in [4.69, 9.17) is 9.47 Å². The van der Waals surface area contributed by atoms with Gasteiger partial charge >= 0.3 is 0 Å². The van der Waals surface area contributed by atoms with Gasteiger partial charge in [0.1, 0.15) is 11.5 Å². The van der Waals surface area contributed by atoms with Crippen LogP contribution in [0.25, 0.3) is 5.69 Å². The van der Waals surface area contributed by atoms with E-state index >= 15 is 0 Å². The van der Waals surface area contributed by atoms with Crippen molar-refractivity contribution in [3.63, 3.8) is 0 Å². The molecular weight excluding hydrogens is 250 g/mol. The van der Waals surface area contributed by atoms with E-state index in [1.54, 1.807) is 30.0 Å². The van der Waals surface area contributed by atoms with Crippen LogP contribution in [0.2, 0.25) is 0 Å². The summed E-state index contributed by atoms with van der Waals surface area (Å²) < 4.78 is 11.9. The lowest BCUT2D eigenvalue weighted by Crippen LogP contribution is -2.03. The molecule has 1 aromatic carbocycles. The third-order valence-electron chi connectivity index (χ3n) is 2.76. The first-order chi connectivity index (χ1) is 9.08. The van der Waals surface area contributed by atoms with Crippen molar-refractivity contribution in [1.82, 2.24) is 9.55 Å². The van der Waals surface area contributed by atoms with Crippen LogP contribution in [0.5, 0.6) is 11.5 Å². The summed E-state index contributed by atoms with van der Waals surface area (Å²) in [5, 5.41) is 11.2. The smallest absolute Gasteiger partial charge is 0.297 e. The first-order valence-corrected chi connectivity index (χ1v) is 5.49. The van der Waals surface area contributed by atoms with Gasteiger partial charge in [-0.1, -0.05) is 0 Å². The van der Waals surface area contributed by atoms with Crippen LogP contribution in [0.15, 0.2) is 24.5 Å². The molecule has 0 bridgehead atoms. The summed E-state index contributed by atoms with van der Waals surface area (Å²) in [6, 6.07) is 2.90. The minimum atomic E-state index is -0.462. The molecule has 0 spiro atoms. The fourth-order valence-corrected chi connectivity index (χ4v) is 1.83. The van der Waals surface area contributed by atoms with E-state index in [0.717, 1.165) is 0 Å². The molecule has 0 saturated heterocycles. The molecule has 1 aromatic heterocycles. The summed E-state index contributed by atoms with van der Waals surface area (Å²) in [4.78, 5) is 14.8. The molecule has 19 heavy (non-hydrogen) atoms. The standard InChI is InChI=1S/C12H13N3O4/c1-8-13-4-5-14(8)9-6-11(18-2)12(19-3)7-10(9)15(16)17/h4-7H,1-3H3. The first kappa shape index (κ1) is 12.9. The van der Waals surface area contributed by atoms with Crippen LogP contribution in [-0.4, -0.2) is 28.7 Å². The Balaban J connectivity index is 2.71. The van der Waals surface area contributed by atoms with Crippen LogP contribution in [0.4, 0.5) is 5.69 Å². The Morgan fingerprint density at radius 2 is 1.89 bits per heavy atom. The number of nitro groups is 1. The molecule has 0 radical (unpaired) electrons. The van der Waals surface area contributed by atoms with Crippen molar-refractivity contribution in [2.75, 3.05) is 14.2 Å². The van der Waals surface area contributed by atoms with Crippen molar-refractivity contribution in [3.05, 3.63) is 40.5 Å². The van der Waals surface area contributed by atoms with Crippen molar-refractivity contribution in [3.8, 4) is 17.2 Å². The Bertz CT molecular complexity index is 621. The van der Waals surface area contributed by atoms with Gasteiger partial charge in [0.05, 0.1) is 25.2 Å². The predicted octanol–water partition coefficient (Wildman–Crippen LogP) is 2.11. The van der Waals surface area contributed by atoms with Crippen molar-refractivity contribution in [1.29, 1.82) is 0 Å². The molecule has 0 aliphatic rings. The largest absolute Gasteiger partial charge is 0.493 e. The maximum absolute atomic E-state index is 11.2. The molecule has 2 rings (SSSR count). The Morgan fingerprint density at radius 3 is 2.37 bits per heavy atom. The van der Waals surface area contributed by atoms with Crippen molar-refractivity contribution in [2.24, 2.45) is 0 Å². The summed E-state index contributed by atoms with van der Waals surface area (Å²) >= 11 is 0. The number of nitro benzene ring substituents is 1. The van der Waals surface area contributed by atoms with Crippen LogP contribution in [0.3, 0.4) is 0 Å². The molecule has 0 aliphatic carbocycles. The SMILES string of the molecule is COc1cc(-n2ccnc2C)c([N+](=O)[O-])cc1OC. The number of aryl methyl sites for hydroxylation is 1. The molecule has 0 fully saturated rings. The highest BCUT2D eigenvalue weighted by Crippen LogP contribution is 2.36. The van der Waals surface area contributed by atoms with Crippen LogP contribution < -0.4 is 9.47 Å². The molecule has 7 heteroatoms. The van der Waals surface area contributed by atoms with Crippen LogP contribution >= 0.6 is 0 Å². The minimum absolute atomic E-state index is 0.0706. The quantitative estimate of drug-likeness (QED) is 0.623. The van der Waals surface area contributed by atoms with Gasteiger partial charge < -0.3 is 9.47 Å². The Labute approximate surface area is 109 Å². The zero-order valence-corrected chi connectivity index (χ0v) is 10.8. The molecule has 0 unspecified atom stereocenters. The number of nitrogens with zero attached hydrogens (tertiary/aromatic N) is 3. The fraction of sp³-hybridized carbons (Fsp3) is 0.250. The lowest BCUT2D eigenvalue weighted by Gasteiger charge is -2.11. The van der Waals surface area contributed by atoms with Crippen molar-refractivity contribution >= 4 is 5.69 Å². The molecule has 1 heterocycles. The second-order valence-corrected chi connectivity index (χ2v) is 3.80. The van der Waals surface area contributed by atoms with Gasteiger partial charge in [0.15, 0.2) is 11.5 Å². The molecule has 100 valence electrons. The number of methoxy groups -OCH3 is 2. The second kappa shape index (κ2) is 4.97. The number of hydrogen-bond donors (Lipinski definition) is 0. The Hall–Kier alpha value is -2.57. The molecule has 0 atom stereocenters. The van der Waals surface area contributed by atoms with Gasteiger partial charge in [0, 0.05) is 18.5 Å². The zero-order valence-electron chi connectivity index (χ0n) is 10.8. The topological polar surface area (TPSA) is 79.4 Å². The lowest BCUT2D eigenvalue weighted by molar-refractivity contribution is -0.384. The number of hydrogen-bond acceptors (Lipinski definition) is 5. The lowest BCUT2D eigenvalue weighted by atomic mass is 10.2. The summed E-state index contributed by atoms with van der Waals surface area (Å²) in [6.07, 6.45) is 3.24. The average molecular weight is 263 g/mol. The number of rotatable bonds is 4. The summed E-state index contributed by atoms with van der Waals surface area (Å²) in [6.45, 7) is 1.76. The zero-order chi connectivity index (χ0) is 14.0. The fourth-order valence-electron chi connectivity index (χ4n) is 1.83. The number of benzene rings is 1. The number of aromatic nitrogens is 2.